The number of sulfone groups is 1. The van der Waals surface area contributed by atoms with Gasteiger partial charge < -0.3 is 5.32 Å². The number of aryl methyl sites for hydroxylation is 1. The summed E-state index contributed by atoms with van der Waals surface area (Å²) in [4.78, 5) is 12.5. The van der Waals surface area contributed by atoms with E-state index in [1.165, 1.54) is 0 Å². The first kappa shape index (κ1) is 16.0. The molecule has 0 saturated carbocycles. The first-order valence-electron chi connectivity index (χ1n) is 7.32. The van der Waals surface area contributed by atoms with Gasteiger partial charge in [0.2, 0.25) is 5.91 Å². The highest BCUT2D eigenvalue weighted by atomic mass is 35.5. The van der Waals surface area contributed by atoms with Crippen LogP contribution in [0.5, 0.6) is 0 Å². The molecule has 0 bridgehead atoms. The zero-order valence-electron chi connectivity index (χ0n) is 12.3. The molecular formula is C17H16ClNO3S. The normalized spacial score (nSPS) is 18.4. The minimum Gasteiger partial charge on any atom is -0.348 e. The Bertz CT molecular complexity index is 848. The summed E-state index contributed by atoms with van der Waals surface area (Å²) in [6.07, 6.45) is 0.787. The van der Waals surface area contributed by atoms with Crippen molar-refractivity contribution < 1.29 is 13.2 Å². The monoisotopic (exact) mass is 349 g/mol. The zero-order chi connectivity index (χ0) is 16.4. The molecule has 120 valence electrons. The van der Waals surface area contributed by atoms with E-state index in [-0.39, 0.29) is 18.1 Å². The molecule has 2 aromatic rings. The second kappa shape index (κ2) is 6.34. The molecule has 1 aliphatic heterocycles. The number of nitrogens with one attached hydrogen (secondary N) is 1. The van der Waals surface area contributed by atoms with Gasteiger partial charge in [-0.25, -0.2) is 8.42 Å². The van der Waals surface area contributed by atoms with Gasteiger partial charge in [0.1, 0.15) is 0 Å². The fourth-order valence-electron chi connectivity index (χ4n) is 2.79. The third-order valence-electron chi connectivity index (χ3n) is 3.93. The fourth-order valence-corrected chi connectivity index (χ4v) is 4.75. The lowest BCUT2D eigenvalue weighted by molar-refractivity contribution is -0.121. The Morgan fingerprint density at radius 2 is 1.83 bits per heavy atom. The molecule has 1 amide bonds. The summed E-state index contributed by atoms with van der Waals surface area (Å²) in [6.45, 7) is 0. The summed E-state index contributed by atoms with van der Waals surface area (Å²) < 4.78 is 24.2. The van der Waals surface area contributed by atoms with Gasteiger partial charge >= 0.3 is 0 Å². The van der Waals surface area contributed by atoms with Crippen molar-refractivity contribution in [1.29, 1.82) is 0 Å². The minimum atomic E-state index is -3.31. The van der Waals surface area contributed by atoms with Crippen LogP contribution < -0.4 is 5.32 Å². The van der Waals surface area contributed by atoms with Crippen molar-refractivity contribution in [2.24, 2.45) is 0 Å². The van der Waals surface area contributed by atoms with Gasteiger partial charge in [0.05, 0.1) is 16.7 Å². The summed E-state index contributed by atoms with van der Waals surface area (Å²) >= 11 is 6.07. The lowest BCUT2D eigenvalue weighted by Gasteiger charge is -2.13. The SMILES string of the molecule is O=C(CCc1ccccc1Cl)NC1CS(=O)(=O)c2ccccc21. The number of benzene rings is 2. The molecule has 0 saturated heterocycles. The number of hydrogen-bond acceptors (Lipinski definition) is 3. The number of hydrogen-bond donors (Lipinski definition) is 1. The molecule has 0 aromatic heterocycles. The van der Waals surface area contributed by atoms with Gasteiger partial charge in [0.15, 0.2) is 9.84 Å². The molecule has 1 N–H and O–H groups in total. The molecule has 2 aromatic carbocycles. The average molecular weight is 350 g/mol. The maximum Gasteiger partial charge on any atom is 0.220 e. The van der Waals surface area contributed by atoms with Crippen molar-refractivity contribution >= 4 is 27.3 Å². The summed E-state index contributed by atoms with van der Waals surface area (Å²) in [5.74, 6) is -0.258. The Labute approximate surface area is 140 Å². The van der Waals surface area contributed by atoms with Crippen LogP contribution in [-0.2, 0) is 21.1 Å². The number of carbonyl (C=O) groups is 1. The quantitative estimate of drug-likeness (QED) is 0.923. The van der Waals surface area contributed by atoms with E-state index in [0.29, 0.717) is 21.9 Å². The van der Waals surface area contributed by atoms with E-state index >= 15 is 0 Å². The second-order valence-corrected chi connectivity index (χ2v) is 7.94. The summed E-state index contributed by atoms with van der Waals surface area (Å²) in [5.41, 5.74) is 1.57. The molecule has 1 unspecified atom stereocenters. The number of halogens is 1. The summed E-state index contributed by atoms with van der Waals surface area (Å²) in [5, 5.41) is 3.45. The van der Waals surface area contributed by atoms with E-state index in [0.717, 1.165) is 5.56 Å². The number of amides is 1. The third-order valence-corrected chi connectivity index (χ3v) is 6.11. The zero-order valence-corrected chi connectivity index (χ0v) is 13.9. The molecule has 1 aliphatic rings. The van der Waals surface area contributed by atoms with Gasteiger partial charge in [-0.2, -0.15) is 0 Å². The van der Waals surface area contributed by atoms with Crippen molar-refractivity contribution in [3.8, 4) is 0 Å². The second-order valence-electron chi connectivity index (χ2n) is 5.53. The van der Waals surface area contributed by atoms with E-state index in [2.05, 4.69) is 5.32 Å². The molecule has 0 aliphatic carbocycles. The Hall–Kier alpha value is -1.85. The molecule has 0 spiro atoms. The van der Waals surface area contributed by atoms with Crippen molar-refractivity contribution in [3.05, 3.63) is 64.7 Å². The van der Waals surface area contributed by atoms with Crippen LogP contribution >= 0.6 is 11.6 Å². The van der Waals surface area contributed by atoms with Crippen LogP contribution in [0.4, 0.5) is 0 Å². The molecular weight excluding hydrogens is 334 g/mol. The minimum absolute atomic E-state index is 0.0792. The maximum absolute atomic E-state index is 12.2. The Morgan fingerprint density at radius 3 is 2.61 bits per heavy atom. The van der Waals surface area contributed by atoms with Crippen LogP contribution in [0.3, 0.4) is 0 Å². The summed E-state index contributed by atoms with van der Waals surface area (Å²) in [6, 6.07) is 13.7. The molecule has 6 heteroatoms. The topological polar surface area (TPSA) is 63.2 Å². The van der Waals surface area contributed by atoms with Crippen LogP contribution in [0.25, 0.3) is 0 Å². The number of carbonyl (C=O) groups excluding carboxylic acids is 1. The molecule has 3 rings (SSSR count). The molecule has 4 nitrogen and oxygen atoms in total. The van der Waals surface area contributed by atoms with E-state index < -0.39 is 15.9 Å². The molecule has 1 atom stereocenters. The van der Waals surface area contributed by atoms with Gasteiger partial charge in [0.25, 0.3) is 0 Å². The van der Waals surface area contributed by atoms with Crippen LogP contribution in [0.1, 0.15) is 23.6 Å². The average Bonchev–Trinajstić information content (AvgIpc) is 2.78. The molecule has 1 heterocycles. The van der Waals surface area contributed by atoms with Crippen LogP contribution in [0.15, 0.2) is 53.4 Å². The van der Waals surface area contributed by atoms with Crippen LogP contribution in [0, 0.1) is 0 Å². The standard InChI is InChI=1S/C17H16ClNO3S/c18-14-7-3-1-5-12(14)9-10-17(20)19-15-11-23(21,22)16-8-4-2-6-13(15)16/h1-8,15H,9-11H2,(H,19,20). The van der Waals surface area contributed by atoms with Crippen LogP contribution in [-0.4, -0.2) is 20.1 Å². The summed E-state index contributed by atoms with van der Waals surface area (Å²) in [7, 11) is -3.31. The van der Waals surface area contributed by atoms with Crippen molar-refractivity contribution in [1.82, 2.24) is 5.32 Å². The van der Waals surface area contributed by atoms with Gasteiger partial charge in [-0.3, -0.25) is 4.79 Å². The van der Waals surface area contributed by atoms with E-state index in [4.69, 9.17) is 11.6 Å². The first-order chi connectivity index (χ1) is 11.0. The maximum atomic E-state index is 12.2. The van der Waals surface area contributed by atoms with Crippen molar-refractivity contribution in [2.45, 2.75) is 23.8 Å². The van der Waals surface area contributed by atoms with Crippen molar-refractivity contribution in [2.75, 3.05) is 5.75 Å². The van der Waals surface area contributed by atoms with Gasteiger partial charge in [-0.05, 0) is 29.7 Å². The first-order valence-corrected chi connectivity index (χ1v) is 9.35. The largest absolute Gasteiger partial charge is 0.348 e. The molecule has 0 radical (unpaired) electrons. The Morgan fingerprint density at radius 1 is 1.13 bits per heavy atom. The fraction of sp³-hybridized carbons (Fsp3) is 0.235. The predicted molar refractivity (Wildman–Crippen MR) is 89.2 cm³/mol. The lowest BCUT2D eigenvalue weighted by atomic mass is 10.1. The number of rotatable bonds is 4. The van der Waals surface area contributed by atoms with Gasteiger partial charge in [0, 0.05) is 11.4 Å². The van der Waals surface area contributed by atoms with E-state index in [9.17, 15) is 13.2 Å². The Balaban J connectivity index is 1.67. The van der Waals surface area contributed by atoms with Gasteiger partial charge in [-0.15, -0.1) is 0 Å². The number of fused-ring (bicyclic) bond motifs is 1. The van der Waals surface area contributed by atoms with Crippen molar-refractivity contribution in [3.63, 3.8) is 0 Å². The van der Waals surface area contributed by atoms with Gasteiger partial charge in [-0.1, -0.05) is 48.0 Å². The highest BCUT2D eigenvalue weighted by molar-refractivity contribution is 7.91. The highest BCUT2D eigenvalue weighted by Crippen LogP contribution is 2.33. The van der Waals surface area contributed by atoms with E-state index in [1.54, 1.807) is 30.3 Å². The Kier molecular flexibility index (Phi) is 4.41. The molecule has 23 heavy (non-hydrogen) atoms. The highest BCUT2D eigenvalue weighted by Gasteiger charge is 2.34. The lowest BCUT2D eigenvalue weighted by Crippen LogP contribution is -2.29. The van der Waals surface area contributed by atoms with Crippen LogP contribution in [0.2, 0.25) is 5.02 Å². The molecule has 0 fully saturated rings. The van der Waals surface area contributed by atoms with E-state index in [1.807, 2.05) is 18.2 Å². The third kappa shape index (κ3) is 3.41. The predicted octanol–water partition coefficient (Wildman–Crippen LogP) is 2.92. The smallest absolute Gasteiger partial charge is 0.220 e.